The number of likely N-dealkylation sites (tertiary alicyclic amines) is 1. The Hall–Kier alpha value is -2.13. The molecule has 5 rings (SSSR count). The van der Waals surface area contributed by atoms with Crippen LogP contribution >= 0.6 is 0 Å². The second kappa shape index (κ2) is 8.19. The van der Waals surface area contributed by atoms with E-state index >= 15 is 0 Å². The molecular formula is C27H34N2O. The molecule has 2 aromatic rings. The first kappa shape index (κ1) is 19.8. The molecule has 1 saturated carbocycles. The molecule has 3 aliphatic rings. The Balaban J connectivity index is 1.34. The van der Waals surface area contributed by atoms with E-state index in [0.29, 0.717) is 17.9 Å². The highest BCUT2D eigenvalue weighted by molar-refractivity contribution is 5.86. The Labute approximate surface area is 180 Å². The minimum Gasteiger partial charge on any atom is -0.355 e. The average molecular weight is 403 g/mol. The number of rotatable bonds is 3. The van der Waals surface area contributed by atoms with Crippen molar-refractivity contribution in [3.8, 4) is 0 Å². The highest BCUT2D eigenvalue weighted by Crippen LogP contribution is 2.49. The van der Waals surface area contributed by atoms with Crippen LogP contribution in [-0.2, 0) is 4.79 Å². The fraction of sp³-hybridized carbons (Fsp3) is 0.519. The molecule has 0 aromatic heterocycles. The first-order valence-electron chi connectivity index (χ1n) is 11.8. The van der Waals surface area contributed by atoms with E-state index in [2.05, 4.69) is 71.7 Å². The summed E-state index contributed by atoms with van der Waals surface area (Å²) in [6, 6.07) is 20.5. The van der Waals surface area contributed by atoms with Gasteiger partial charge in [0, 0.05) is 18.5 Å². The minimum absolute atomic E-state index is 0.216. The van der Waals surface area contributed by atoms with E-state index in [1.807, 2.05) is 0 Å². The fourth-order valence-corrected chi connectivity index (χ4v) is 6.43. The third kappa shape index (κ3) is 3.47. The van der Waals surface area contributed by atoms with Crippen LogP contribution in [0.4, 0.5) is 0 Å². The third-order valence-electron chi connectivity index (χ3n) is 8.18. The maximum Gasteiger partial charge on any atom is 0.227 e. The van der Waals surface area contributed by atoms with Gasteiger partial charge < -0.3 is 5.32 Å². The lowest BCUT2D eigenvalue weighted by atomic mass is 9.67. The summed E-state index contributed by atoms with van der Waals surface area (Å²) in [6.45, 7) is 5.05. The van der Waals surface area contributed by atoms with Crippen LogP contribution in [0.15, 0.2) is 54.6 Å². The summed E-state index contributed by atoms with van der Waals surface area (Å²) in [4.78, 5) is 15.7. The minimum atomic E-state index is -0.216. The number of aryl methyl sites for hydroxylation is 1. The molecule has 158 valence electrons. The van der Waals surface area contributed by atoms with Crippen LogP contribution in [0.5, 0.6) is 0 Å². The number of benzene rings is 2. The van der Waals surface area contributed by atoms with Gasteiger partial charge in [-0.15, -0.1) is 0 Å². The molecule has 30 heavy (non-hydrogen) atoms. The zero-order valence-electron chi connectivity index (χ0n) is 18.1. The molecule has 1 N–H and O–H groups in total. The summed E-state index contributed by atoms with van der Waals surface area (Å²) in [7, 11) is 0. The van der Waals surface area contributed by atoms with Crippen molar-refractivity contribution in [2.45, 2.75) is 63.3 Å². The van der Waals surface area contributed by atoms with Gasteiger partial charge in [-0.3, -0.25) is 9.69 Å². The summed E-state index contributed by atoms with van der Waals surface area (Å²) in [5.74, 6) is 1.23. The van der Waals surface area contributed by atoms with Crippen LogP contribution in [0.1, 0.15) is 67.1 Å². The van der Waals surface area contributed by atoms with Crippen LogP contribution in [-0.4, -0.2) is 36.5 Å². The van der Waals surface area contributed by atoms with E-state index in [1.165, 1.54) is 42.4 Å². The van der Waals surface area contributed by atoms with E-state index in [-0.39, 0.29) is 11.3 Å². The van der Waals surface area contributed by atoms with Gasteiger partial charge in [0.05, 0.1) is 5.41 Å². The summed E-state index contributed by atoms with van der Waals surface area (Å²) in [5, 5.41) is 3.21. The number of amides is 1. The van der Waals surface area contributed by atoms with Crippen molar-refractivity contribution in [2.24, 2.45) is 5.41 Å². The molecule has 2 saturated heterocycles. The summed E-state index contributed by atoms with van der Waals surface area (Å²) < 4.78 is 0. The van der Waals surface area contributed by atoms with E-state index in [9.17, 15) is 4.79 Å². The van der Waals surface area contributed by atoms with Crippen LogP contribution in [0.25, 0.3) is 0 Å². The molecule has 1 amide bonds. The molecule has 0 bridgehead atoms. The number of nitrogens with one attached hydrogen (secondary N) is 1. The predicted molar refractivity (Wildman–Crippen MR) is 122 cm³/mol. The first-order chi connectivity index (χ1) is 14.7. The highest BCUT2D eigenvalue weighted by Gasteiger charge is 2.52. The molecule has 1 aliphatic carbocycles. The molecule has 2 aromatic carbocycles. The van der Waals surface area contributed by atoms with Crippen LogP contribution < -0.4 is 5.32 Å². The molecule has 3 fully saturated rings. The number of nitrogens with zero attached hydrogens (tertiary/aromatic N) is 1. The average Bonchev–Trinajstić information content (AvgIpc) is 3.11. The van der Waals surface area contributed by atoms with Gasteiger partial charge in [-0.05, 0) is 62.7 Å². The van der Waals surface area contributed by atoms with E-state index in [0.717, 1.165) is 32.5 Å². The zero-order chi connectivity index (χ0) is 20.6. The standard InChI is InChI=1S/C27H34N2O/c1-20-11-13-21(14-12-20)23-9-5-6-10-25(23)29-17-15-27(16-18-29)24(19-28-26(27)30)22-7-3-2-4-8-22/h2-4,7-8,11-14,23-25H,5-6,9-10,15-19H2,1H3,(H,28,30)/t23-,24?,25-/m1/s1. The van der Waals surface area contributed by atoms with Crippen molar-refractivity contribution in [3.63, 3.8) is 0 Å². The van der Waals surface area contributed by atoms with Crippen LogP contribution in [0, 0.1) is 12.3 Å². The molecule has 3 heteroatoms. The normalized spacial score (nSPS) is 29.1. The lowest BCUT2D eigenvalue weighted by molar-refractivity contribution is -0.131. The Morgan fingerprint density at radius 3 is 2.33 bits per heavy atom. The van der Waals surface area contributed by atoms with Gasteiger partial charge in [-0.2, -0.15) is 0 Å². The number of hydrogen-bond acceptors (Lipinski definition) is 2. The maximum atomic E-state index is 13.0. The smallest absolute Gasteiger partial charge is 0.227 e. The Kier molecular flexibility index (Phi) is 5.41. The third-order valence-corrected chi connectivity index (χ3v) is 8.18. The van der Waals surface area contributed by atoms with Crippen molar-refractivity contribution < 1.29 is 4.79 Å². The number of carbonyl (C=O) groups excluding carboxylic acids is 1. The molecular weight excluding hydrogens is 368 g/mol. The van der Waals surface area contributed by atoms with Crippen molar-refractivity contribution in [3.05, 3.63) is 71.3 Å². The number of carbonyl (C=O) groups is 1. The van der Waals surface area contributed by atoms with E-state index < -0.39 is 0 Å². The van der Waals surface area contributed by atoms with Crippen molar-refractivity contribution in [1.82, 2.24) is 10.2 Å². The van der Waals surface area contributed by atoms with E-state index in [4.69, 9.17) is 0 Å². The molecule has 1 unspecified atom stereocenters. The Morgan fingerprint density at radius 1 is 0.900 bits per heavy atom. The van der Waals surface area contributed by atoms with Crippen LogP contribution in [0.2, 0.25) is 0 Å². The summed E-state index contributed by atoms with van der Waals surface area (Å²) in [6.07, 6.45) is 7.22. The molecule has 3 atom stereocenters. The van der Waals surface area contributed by atoms with Gasteiger partial charge in [0.2, 0.25) is 5.91 Å². The fourth-order valence-electron chi connectivity index (χ4n) is 6.43. The van der Waals surface area contributed by atoms with Crippen LogP contribution in [0.3, 0.4) is 0 Å². The lowest BCUT2D eigenvalue weighted by Crippen LogP contribution is -2.51. The van der Waals surface area contributed by atoms with E-state index in [1.54, 1.807) is 0 Å². The van der Waals surface area contributed by atoms with Gasteiger partial charge in [0.25, 0.3) is 0 Å². The Bertz CT molecular complexity index is 867. The topological polar surface area (TPSA) is 32.3 Å². The number of hydrogen-bond donors (Lipinski definition) is 1. The highest BCUT2D eigenvalue weighted by atomic mass is 16.2. The van der Waals surface area contributed by atoms with Crippen molar-refractivity contribution in [2.75, 3.05) is 19.6 Å². The lowest BCUT2D eigenvalue weighted by Gasteiger charge is -2.47. The molecule has 3 nitrogen and oxygen atoms in total. The monoisotopic (exact) mass is 402 g/mol. The van der Waals surface area contributed by atoms with Gasteiger partial charge in [-0.1, -0.05) is 73.0 Å². The molecule has 0 radical (unpaired) electrons. The maximum absolute atomic E-state index is 13.0. The summed E-state index contributed by atoms with van der Waals surface area (Å²) in [5.41, 5.74) is 3.95. The number of piperidine rings is 1. The molecule has 1 spiro atoms. The molecule has 2 aliphatic heterocycles. The largest absolute Gasteiger partial charge is 0.355 e. The molecule has 2 heterocycles. The SMILES string of the molecule is Cc1ccc([C@H]2CCCC[C@H]2N2CCC3(CC2)C(=O)NCC3c2ccccc2)cc1. The second-order valence-corrected chi connectivity index (χ2v) is 9.73. The summed E-state index contributed by atoms with van der Waals surface area (Å²) >= 11 is 0. The van der Waals surface area contributed by atoms with Gasteiger partial charge >= 0.3 is 0 Å². The van der Waals surface area contributed by atoms with Crippen molar-refractivity contribution in [1.29, 1.82) is 0 Å². The van der Waals surface area contributed by atoms with Gasteiger partial charge in [0.1, 0.15) is 0 Å². The zero-order valence-corrected chi connectivity index (χ0v) is 18.1. The Morgan fingerprint density at radius 2 is 1.60 bits per heavy atom. The van der Waals surface area contributed by atoms with Gasteiger partial charge in [0.15, 0.2) is 0 Å². The second-order valence-electron chi connectivity index (χ2n) is 9.73. The quantitative estimate of drug-likeness (QED) is 0.782. The van der Waals surface area contributed by atoms with Crippen molar-refractivity contribution >= 4 is 5.91 Å². The predicted octanol–water partition coefficient (Wildman–Crippen LogP) is 5.02. The first-order valence-corrected chi connectivity index (χ1v) is 11.8. The van der Waals surface area contributed by atoms with Gasteiger partial charge in [-0.25, -0.2) is 0 Å².